The Balaban J connectivity index is 1.42. The molecule has 1 saturated carbocycles. The van der Waals surface area contributed by atoms with E-state index in [2.05, 4.69) is 25.3 Å². The monoisotopic (exact) mass is 486 g/mol. The fourth-order valence-electron chi connectivity index (χ4n) is 4.25. The largest absolute Gasteiger partial charge is 0.465 e. The van der Waals surface area contributed by atoms with Gasteiger partial charge in [-0.05, 0) is 25.8 Å². The molecule has 2 aromatic heterocycles. The highest BCUT2D eigenvalue weighted by molar-refractivity contribution is 6.02. The highest BCUT2D eigenvalue weighted by atomic mass is 19.4. The molecule has 0 unspecified atom stereocenters. The van der Waals surface area contributed by atoms with Gasteiger partial charge in [-0.1, -0.05) is 0 Å². The zero-order valence-corrected chi connectivity index (χ0v) is 18.7. The predicted molar refractivity (Wildman–Crippen MR) is 110 cm³/mol. The molecule has 3 N–H and O–H groups in total. The third-order valence-corrected chi connectivity index (χ3v) is 6.22. The Morgan fingerprint density at radius 2 is 2.12 bits per heavy atom. The smallest absolute Gasteiger partial charge is 0.420 e. The number of aryl methyl sites for hydroxylation is 1. The number of hydrogen-bond donors (Lipinski definition) is 3. The highest BCUT2D eigenvalue weighted by Crippen LogP contribution is 2.45. The van der Waals surface area contributed by atoms with E-state index in [-0.39, 0.29) is 29.7 Å². The number of aromatic nitrogens is 4. The SMILES string of the molecule is CO[C@H](c1cc(C(=O)Nc2cc([C@H]3C[C@@H](N(C(=O)O)C4(C)CC4)CO3)[nH]n2)n(C)n1)C(F)(F)F. The van der Waals surface area contributed by atoms with Gasteiger partial charge in [0.1, 0.15) is 17.5 Å². The molecule has 2 aromatic rings. The van der Waals surface area contributed by atoms with Crippen molar-refractivity contribution in [3.05, 3.63) is 29.2 Å². The van der Waals surface area contributed by atoms with E-state index in [0.29, 0.717) is 12.1 Å². The molecule has 2 aliphatic rings. The van der Waals surface area contributed by atoms with Crippen molar-refractivity contribution >= 4 is 17.8 Å². The number of carbonyl (C=O) groups is 2. The zero-order chi connectivity index (χ0) is 24.8. The van der Waals surface area contributed by atoms with Crippen LogP contribution in [0.5, 0.6) is 0 Å². The van der Waals surface area contributed by atoms with Gasteiger partial charge in [0, 0.05) is 32.2 Å². The van der Waals surface area contributed by atoms with E-state index in [0.717, 1.165) is 30.7 Å². The number of amides is 2. The van der Waals surface area contributed by atoms with E-state index in [1.165, 1.54) is 11.9 Å². The summed E-state index contributed by atoms with van der Waals surface area (Å²) >= 11 is 0. The van der Waals surface area contributed by atoms with E-state index in [9.17, 15) is 27.9 Å². The minimum Gasteiger partial charge on any atom is -0.465 e. The molecule has 0 bridgehead atoms. The molecular formula is C20H25F3N6O5. The van der Waals surface area contributed by atoms with Crippen molar-refractivity contribution in [1.82, 2.24) is 24.9 Å². The Morgan fingerprint density at radius 3 is 2.71 bits per heavy atom. The molecule has 0 radical (unpaired) electrons. The maximum absolute atomic E-state index is 13.1. The van der Waals surface area contributed by atoms with Crippen LogP contribution in [0.25, 0.3) is 0 Å². The lowest BCUT2D eigenvalue weighted by Gasteiger charge is -2.31. The molecule has 186 valence electrons. The number of methoxy groups -OCH3 is 1. The first-order chi connectivity index (χ1) is 15.9. The number of anilines is 1. The van der Waals surface area contributed by atoms with Crippen LogP contribution in [0.4, 0.5) is 23.8 Å². The second-order valence-corrected chi connectivity index (χ2v) is 8.76. The van der Waals surface area contributed by atoms with Crippen LogP contribution < -0.4 is 5.32 Å². The highest BCUT2D eigenvalue weighted by Gasteiger charge is 2.51. The van der Waals surface area contributed by atoms with Crippen LogP contribution in [-0.2, 0) is 16.5 Å². The number of carboxylic acid groups (broad SMARTS) is 1. The van der Waals surface area contributed by atoms with E-state index < -0.39 is 36.1 Å². The third-order valence-electron chi connectivity index (χ3n) is 6.22. The zero-order valence-electron chi connectivity index (χ0n) is 18.7. The van der Waals surface area contributed by atoms with Gasteiger partial charge in [0.25, 0.3) is 5.91 Å². The second kappa shape index (κ2) is 8.58. The van der Waals surface area contributed by atoms with Gasteiger partial charge in [0.05, 0.1) is 18.3 Å². The van der Waals surface area contributed by atoms with Gasteiger partial charge in [0.2, 0.25) is 0 Å². The third kappa shape index (κ3) is 4.59. The Kier molecular flexibility index (Phi) is 6.06. The topological polar surface area (TPSA) is 135 Å². The van der Waals surface area contributed by atoms with Gasteiger partial charge in [0.15, 0.2) is 11.9 Å². The lowest BCUT2D eigenvalue weighted by Crippen LogP contribution is -2.47. The molecular weight excluding hydrogens is 461 g/mol. The molecule has 4 rings (SSSR count). The number of halogens is 3. The number of hydrogen-bond acceptors (Lipinski definition) is 6. The minimum absolute atomic E-state index is 0.113. The number of carbonyl (C=O) groups excluding carboxylic acids is 1. The molecule has 3 atom stereocenters. The number of nitrogens with zero attached hydrogens (tertiary/aromatic N) is 4. The van der Waals surface area contributed by atoms with E-state index >= 15 is 0 Å². The molecule has 11 nitrogen and oxygen atoms in total. The number of aromatic amines is 1. The van der Waals surface area contributed by atoms with Crippen molar-refractivity contribution in [2.24, 2.45) is 7.05 Å². The summed E-state index contributed by atoms with van der Waals surface area (Å²) in [5.74, 6) is -0.571. The molecule has 1 aliphatic carbocycles. The molecule has 14 heteroatoms. The lowest BCUT2D eigenvalue weighted by atomic mass is 10.1. The van der Waals surface area contributed by atoms with Crippen LogP contribution in [-0.4, -0.2) is 73.5 Å². The Labute approximate surface area is 192 Å². The van der Waals surface area contributed by atoms with Crippen molar-refractivity contribution in [3.63, 3.8) is 0 Å². The summed E-state index contributed by atoms with van der Waals surface area (Å²) in [5, 5.41) is 22.7. The van der Waals surface area contributed by atoms with Crippen molar-refractivity contribution < 1.29 is 37.3 Å². The summed E-state index contributed by atoms with van der Waals surface area (Å²) in [5.41, 5.74) is -0.371. The molecule has 1 saturated heterocycles. The van der Waals surface area contributed by atoms with Crippen LogP contribution in [0.1, 0.15) is 60.3 Å². The van der Waals surface area contributed by atoms with E-state index in [1.54, 1.807) is 6.07 Å². The number of ether oxygens (including phenoxy) is 2. The average Bonchev–Trinajstić information content (AvgIpc) is 3.12. The van der Waals surface area contributed by atoms with Gasteiger partial charge >= 0.3 is 12.3 Å². The Morgan fingerprint density at radius 1 is 1.41 bits per heavy atom. The van der Waals surface area contributed by atoms with Crippen LogP contribution in [0.15, 0.2) is 12.1 Å². The lowest BCUT2D eigenvalue weighted by molar-refractivity contribution is -0.217. The average molecular weight is 486 g/mol. The molecule has 0 aromatic carbocycles. The fourth-order valence-corrected chi connectivity index (χ4v) is 4.25. The second-order valence-electron chi connectivity index (χ2n) is 8.76. The Hall–Kier alpha value is -3.13. The summed E-state index contributed by atoms with van der Waals surface area (Å²) in [7, 11) is 2.26. The molecule has 2 amide bonds. The molecule has 0 spiro atoms. The first-order valence-electron chi connectivity index (χ1n) is 10.6. The number of rotatable bonds is 7. The maximum Gasteiger partial charge on any atom is 0.420 e. The van der Waals surface area contributed by atoms with Crippen LogP contribution in [0.2, 0.25) is 0 Å². The van der Waals surface area contributed by atoms with Gasteiger partial charge in [-0.3, -0.25) is 19.5 Å². The summed E-state index contributed by atoms with van der Waals surface area (Å²) in [6, 6.07) is 2.25. The van der Waals surface area contributed by atoms with Crippen molar-refractivity contribution in [2.75, 3.05) is 19.0 Å². The number of alkyl halides is 3. The summed E-state index contributed by atoms with van der Waals surface area (Å²) in [4.78, 5) is 25.8. The standard InChI is InChI=1S/C20H25F3N6O5/c1-19(4-5-19)29(18(31)32)10-6-14(34-9-10)11-8-15(26-25-11)24-17(30)13-7-12(27-28(13)2)16(33-3)20(21,22)23/h7-8,10,14,16H,4-6,9H2,1-3H3,(H,31,32)(H2,24,25,26,30)/t10-,14-,16-/m1/s1. The summed E-state index contributed by atoms with van der Waals surface area (Å²) in [6.45, 7) is 2.15. The first kappa shape index (κ1) is 24.0. The quantitative estimate of drug-likeness (QED) is 0.548. The van der Waals surface area contributed by atoms with Crippen molar-refractivity contribution in [1.29, 1.82) is 0 Å². The van der Waals surface area contributed by atoms with Crippen LogP contribution >= 0.6 is 0 Å². The van der Waals surface area contributed by atoms with E-state index in [4.69, 9.17) is 4.74 Å². The molecule has 1 aliphatic heterocycles. The van der Waals surface area contributed by atoms with Crippen molar-refractivity contribution in [2.45, 2.75) is 56.2 Å². The maximum atomic E-state index is 13.1. The Bertz CT molecular complexity index is 1080. The normalized spacial score (nSPS) is 22.4. The van der Waals surface area contributed by atoms with Gasteiger partial charge in [-0.2, -0.15) is 23.4 Å². The van der Waals surface area contributed by atoms with E-state index in [1.807, 2.05) is 6.92 Å². The van der Waals surface area contributed by atoms with Gasteiger partial charge < -0.3 is 19.9 Å². The minimum atomic E-state index is -4.68. The summed E-state index contributed by atoms with van der Waals surface area (Å²) in [6.07, 6.45) is -6.31. The molecule has 34 heavy (non-hydrogen) atoms. The molecule has 3 heterocycles. The first-order valence-corrected chi connectivity index (χ1v) is 10.6. The number of nitrogens with one attached hydrogen (secondary N) is 2. The predicted octanol–water partition coefficient (Wildman–Crippen LogP) is 3.01. The van der Waals surface area contributed by atoms with Gasteiger partial charge in [-0.15, -0.1) is 0 Å². The fraction of sp³-hybridized carbons (Fsp3) is 0.600. The summed E-state index contributed by atoms with van der Waals surface area (Å²) < 4.78 is 50.6. The van der Waals surface area contributed by atoms with Crippen molar-refractivity contribution in [3.8, 4) is 0 Å². The van der Waals surface area contributed by atoms with Crippen LogP contribution in [0.3, 0.4) is 0 Å². The molecule has 2 fully saturated rings. The number of H-pyrrole nitrogens is 1. The van der Waals surface area contributed by atoms with Gasteiger partial charge in [-0.25, -0.2) is 4.79 Å². The van der Waals surface area contributed by atoms with Crippen LogP contribution in [0, 0.1) is 0 Å².